The summed E-state index contributed by atoms with van der Waals surface area (Å²) in [5, 5.41) is 8.88. The van der Waals surface area contributed by atoms with Crippen LogP contribution in [0.15, 0.2) is 0 Å². The lowest BCUT2D eigenvalue weighted by atomic mass is 9.86. The lowest BCUT2D eigenvalue weighted by molar-refractivity contribution is -0.138. The normalized spacial score (nSPS) is 20.9. The van der Waals surface area contributed by atoms with Crippen LogP contribution in [-0.4, -0.2) is 35.6 Å². The number of rotatable bonds is 5. The number of carboxylic acids is 1. The molecule has 0 aliphatic heterocycles. The summed E-state index contributed by atoms with van der Waals surface area (Å²) in [6.07, 6.45) is 2.47. The molecule has 1 aliphatic carbocycles. The summed E-state index contributed by atoms with van der Waals surface area (Å²) >= 11 is 0. The van der Waals surface area contributed by atoms with E-state index in [1.807, 2.05) is 0 Å². The van der Waals surface area contributed by atoms with E-state index in [2.05, 4.69) is 39.6 Å². The Kier molecular flexibility index (Phi) is 3.68. The largest absolute Gasteiger partial charge is 0.481 e. The average molecular weight is 227 g/mol. The summed E-state index contributed by atoms with van der Waals surface area (Å²) in [6, 6.07) is 0.471. The first kappa shape index (κ1) is 13.5. The first-order chi connectivity index (χ1) is 7.16. The van der Waals surface area contributed by atoms with Gasteiger partial charge in [-0.25, -0.2) is 0 Å². The van der Waals surface area contributed by atoms with Gasteiger partial charge in [-0.3, -0.25) is 4.79 Å². The zero-order chi connectivity index (χ0) is 12.6. The zero-order valence-corrected chi connectivity index (χ0v) is 11.2. The summed E-state index contributed by atoms with van der Waals surface area (Å²) in [5.41, 5.74) is 0.314. The third-order valence-corrected chi connectivity index (χ3v) is 3.98. The molecule has 94 valence electrons. The zero-order valence-electron chi connectivity index (χ0n) is 11.2. The molecule has 1 rings (SSSR count). The molecule has 1 atom stereocenters. The second kappa shape index (κ2) is 4.36. The molecule has 1 N–H and O–H groups in total. The van der Waals surface area contributed by atoms with Gasteiger partial charge in [0.1, 0.15) is 0 Å². The van der Waals surface area contributed by atoms with E-state index in [0.29, 0.717) is 12.5 Å². The Balaban J connectivity index is 2.51. The molecule has 1 unspecified atom stereocenters. The van der Waals surface area contributed by atoms with Crippen LogP contribution in [-0.2, 0) is 4.79 Å². The predicted octanol–water partition coefficient (Wildman–Crippen LogP) is 2.61. The first-order valence-corrected chi connectivity index (χ1v) is 6.08. The Bertz CT molecular complexity index is 264. The monoisotopic (exact) mass is 227 g/mol. The maximum atomic E-state index is 10.8. The van der Waals surface area contributed by atoms with Crippen LogP contribution in [0.2, 0.25) is 0 Å². The van der Waals surface area contributed by atoms with Crippen LogP contribution in [0.3, 0.4) is 0 Å². The van der Waals surface area contributed by atoms with E-state index in [1.165, 1.54) is 0 Å². The molecule has 1 aliphatic rings. The van der Waals surface area contributed by atoms with E-state index in [1.54, 1.807) is 0 Å². The first-order valence-electron chi connectivity index (χ1n) is 6.08. The molecule has 0 spiro atoms. The van der Waals surface area contributed by atoms with Gasteiger partial charge in [0.05, 0.1) is 6.42 Å². The van der Waals surface area contributed by atoms with E-state index >= 15 is 0 Å². The second-order valence-electron chi connectivity index (χ2n) is 6.53. The third-order valence-electron chi connectivity index (χ3n) is 3.98. The van der Waals surface area contributed by atoms with Crippen molar-refractivity contribution in [3.05, 3.63) is 0 Å². The third kappa shape index (κ3) is 3.48. The molecule has 3 heteroatoms. The summed E-state index contributed by atoms with van der Waals surface area (Å²) in [4.78, 5) is 13.1. The van der Waals surface area contributed by atoms with E-state index in [0.717, 1.165) is 19.4 Å². The van der Waals surface area contributed by atoms with Gasteiger partial charge in [-0.2, -0.15) is 0 Å². The molecule has 0 bridgehead atoms. The molecule has 0 heterocycles. The number of carbonyl (C=O) groups is 1. The fraction of sp³-hybridized carbons (Fsp3) is 0.923. The fourth-order valence-electron chi connectivity index (χ4n) is 2.22. The van der Waals surface area contributed by atoms with Gasteiger partial charge < -0.3 is 10.0 Å². The van der Waals surface area contributed by atoms with Crippen molar-refractivity contribution in [2.45, 2.75) is 53.0 Å². The second-order valence-corrected chi connectivity index (χ2v) is 6.53. The van der Waals surface area contributed by atoms with Crippen LogP contribution in [0, 0.1) is 10.8 Å². The van der Waals surface area contributed by atoms with Crippen LogP contribution < -0.4 is 0 Å². The number of aliphatic carboxylic acids is 1. The number of nitrogens with zero attached hydrogens (tertiary/aromatic N) is 1. The quantitative estimate of drug-likeness (QED) is 0.785. The Morgan fingerprint density at radius 2 is 1.94 bits per heavy atom. The molecule has 1 saturated carbocycles. The molecule has 0 radical (unpaired) electrons. The molecule has 1 fully saturated rings. The number of carboxylic acid groups (broad SMARTS) is 1. The number of hydrogen-bond donors (Lipinski definition) is 1. The van der Waals surface area contributed by atoms with Gasteiger partial charge >= 0.3 is 5.97 Å². The maximum Gasteiger partial charge on any atom is 0.303 e. The highest BCUT2D eigenvalue weighted by Crippen LogP contribution is 2.49. The molecule has 0 aromatic rings. The standard InChI is InChI=1S/C13H25NO2/c1-10(12(2,3)4)14(5)9-13(6-7-13)8-11(15)16/h10H,6-9H2,1-5H3,(H,15,16). The van der Waals surface area contributed by atoms with Gasteiger partial charge in [0.15, 0.2) is 0 Å². The van der Waals surface area contributed by atoms with Crippen LogP contribution in [0.4, 0.5) is 0 Å². The molecule has 0 aromatic heterocycles. The van der Waals surface area contributed by atoms with Crippen molar-refractivity contribution < 1.29 is 9.90 Å². The van der Waals surface area contributed by atoms with Crippen molar-refractivity contribution in [3.8, 4) is 0 Å². The van der Waals surface area contributed by atoms with Crippen LogP contribution >= 0.6 is 0 Å². The predicted molar refractivity (Wildman–Crippen MR) is 65.5 cm³/mol. The Morgan fingerprint density at radius 1 is 1.44 bits per heavy atom. The van der Waals surface area contributed by atoms with E-state index in [9.17, 15) is 4.79 Å². The van der Waals surface area contributed by atoms with Crippen molar-refractivity contribution in [2.75, 3.05) is 13.6 Å². The molecular formula is C13H25NO2. The van der Waals surface area contributed by atoms with Crippen molar-refractivity contribution in [3.63, 3.8) is 0 Å². The molecule has 0 saturated heterocycles. The Morgan fingerprint density at radius 3 is 2.25 bits per heavy atom. The van der Waals surface area contributed by atoms with Gasteiger partial charge in [-0.05, 0) is 37.6 Å². The topological polar surface area (TPSA) is 40.5 Å². The lowest BCUT2D eigenvalue weighted by Gasteiger charge is -2.37. The summed E-state index contributed by atoms with van der Waals surface area (Å²) in [7, 11) is 2.11. The van der Waals surface area contributed by atoms with Gasteiger partial charge in [0, 0.05) is 12.6 Å². The van der Waals surface area contributed by atoms with Gasteiger partial charge in [0.25, 0.3) is 0 Å². The highest BCUT2D eigenvalue weighted by Gasteiger charge is 2.46. The van der Waals surface area contributed by atoms with Gasteiger partial charge in [-0.1, -0.05) is 20.8 Å². The summed E-state index contributed by atoms with van der Waals surface area (Å²) in [5.74, 6) is -0.658. The Labute approximate surface area is 98.8 Å². The fourth-order valence-corrected chi connectivity index (χ4v) is 2.22. The van der Waals surface area contributed by atoms with Crippen LogP contribution in [0.1, 0.15) is 47.0 Å². The molecule has 3 nitrogen and oxygen atoms in total. The Hall–Kier alpha value is -0.570. The highest BCUT2D eigenvalue weighted by atomic mass is 16.4. The number of hydrogen-bond acceptors (Lipinski definition) is 2. The van der Waals surface area contributed by atoms with Crippen LogP contribution in [0.25, 0.3) is 0 Å². The van der Waals surface area contributed by atoms with E-state index < -0.39 is 5.97 Å². The minimum absolute atomic E-state index is 0.0695. The minimum atomic E-state index is -0.658. The van der Waals surface area contributed by atoms with Crippen molar-refractivity contribution >= 4 is 5.97 Å². The van der Waals surface area contributed by atoms with Crippen molar-refractivity contribution in [2.24, 2.45) is 10.8 Å². The van der Waals surface area contributed by atoms with Crippen molar-refractivity contribution in [1.82, 2.24) is 4.90 Å². The van der Waals surface area contributed by atoms with Crippen molar-refractivity contribution in [1.29, 1.82) is 0 Å². The minimum Gasteiger partial charge on any atom is -0.481 e. The smallest absolute Gasteiger partial charge is 0.303 e. The molecule has 16 heavy (non-hydrogen) atoms. The van der Waals surface area contributed by atoms with Gasteiger partial charge in [-0.15, -0.1) is 0 Å². The maximum absolute atomic E-state index is 10.8. The SMILES string of the molecule is CC(N(C)CC1(CC(=O)O)CC1)C(C)(C)C. The molecular weight excluding hydrogens is 202 g/mol. The molecule has 0 aromatic carbocycles. The van der Waals surface area contributed by atoms with Crippen LogP contribution in [0.5, 0.6) is 0 Å². The van der Waals surface area contributed by atoms with E-state index in [-0.39, 0.29) is 10.8 Å². The van der Waals surface area contributed by atoms with Gasteiger partial charge in [0.2, 0.25) is 0 Å². The van der Waals surface area contributed by atoms with E-state index in [4.69, 9.17) is 5.11 Å². The summed E-state index contributed by atoms with van der Waals surface area (Å²) in [6.45, 7) is 9.81. The molecule has 0 amide bonds. The average Bonchev–Trinajstić information content (AvgIpc) is 2.80. The summed E-state index contributed by atoms with van der Waals surface area (Å²) < 4.78 is 0. The highest BCUT2D eigenvalue weighted by molar-refractivity contribution is 5.68. The lowest BCUT2D eigenvalue weighted by Crippen LogP contribution is -2.42.